The highest BCUT2D eigenvalue weighted by Gasteiger charge is 2.26. The van der Waals surface area contributed by atoms with E-state index in [4.69, 9.17) is 8.83 Å². The topological polar surface area (TPSA) is 81.5 Å². The number of aromatic nitrogens is 2. The Kier molecular flexibility index (Phi) is 3.87. The van der Waals surface area contributed by atoms with Crippen LogP contribution in [0.15, 0.2) is 32.0 Å². The van der Waals surface area contributed by atoms with Crippen LogP contribution in [0.3, 0.4) is 0 Å². The SMILES string of the molecule is CC1CC(C)CN(C(=O)Cn2nc(-c3ccco3)oc2=O)C1. The first-order chi connectivity index (χ1) is 10.5. The van der Waals surface area contributed by atoms with Gasteiger partial charge < -0.3 is 13.7 Å². The average Bonchev–Trinajstić information content (AvgIpc) is 3.08. The zero-order valence-corrected chi connectivity index (χ0v) is 12.7. The second-order valence-electron chi connectivity index (χ2n) is 6.05. The van der Waals surface area contributed by atoms with Crippen LogP contribution in [-0.2, 0) is 11.3 Å². The highest BCUT2D eigenvalue weighted by molar-refractivity contribution is 5.76. The molecule has 22 heavy (non-hydrogen) atoms. The first-order valence-electron chi connectivity index (χ1n) is 7.42. The van der Waals surface area contributed by atoms with Gasteiger partial charge in [0.1, 0.15) is 6.54 Å². The van der Waals surface area contributed by atoms with Crippen LogP contribution in [0, 0.1) is 11.8 Å². The highest BCUT2D eigenvalue weighted by atomic mass is 16.4. The van der Waals surface area contributed by atoms with Crippen molar-refractivity contribution in [2.45, 2.75) is 26.8 Å². The fourth-order valence-corrected chi connectivity index (χ4v) is 3.00. The Balaban J connectivity index is 1.73. The Labute approximate surface area is 127 Å². The van der Waals surface area contributed by atoms with E-state index in [0.29, 0.717) is 17.6 Å². The minimum Gasteiger partial charge on any atom is -0.459 e. The van der Waals surface area contributed by atoms with Crippen molar-refractivity contribution >= 4 is 5.91 Å². The maximum Gasteiger partial charge on any atom is 0.437 e. The van der Waals surface area contributed by atoms with Gasteiger partial charge in [-0.05, 0) is 30.4 Å². The van der Waals surface area contributed by atoms with E-state index in [1.54, 1.807) is 17.0 Å². The van der Waals surface area contributed by atoms with E-state index in [1.807, 2.05) is 0 Å². The van der Waals surface area contributed by atoms with Gasteiger partial charge in [-0.1, -0.05) is 13.8 Å². The van der Waals surface area contributed by atoms with E-state index in [1.165, 1.54) is 6.26 Å². The number of amides is 1. The fraction of sp³-hybridized carbons (Fsp3) is 0.533. The molecule has 1 amide bonds. The van der Waals surface area contributed by atoms with Crippen LogP contribution >= 0.6 is 0 Å². The van der Waals surface area contributed by atoms with E-state index in [2.05, 4.69) is 18.9 Å². The predicted octanol–water partition coefficient (Wildman–Crippen LogP) is 1.60. The summed E-state index contributed by atoms with van der Waals surface area (Å²) in [6, 6.07) is 3.32. The highest BCUT2D eigenvalue weighted by Crippen LogP contribution is 2.21. The van der Waals surface area contributed by atoms with E-state index in [-0.39, 0.29) is 18.3 Å². The van der Waals surface area contributed by atoms with Gasteiger partial charge in [0.2, 0.25) is 5.91 Å². The molecule has 2 atom stereocenters. The molecule has 2 aromatic rings. The second kappa shape index (κ2) is 5.82. The third-order valence-electron chi connectivity index (χ3n) is 3.84. The van der Waals surface area contributed by atoms with Crippen LogP contribution < -0.4 is 5.76 Å². The van der Waals surface area contributed by atoms with Gasteiger partial charge >= 0.3 is 5.76 Å². The molecule has 3 heterocycles. The molecule has 7 nitrogen and oxygen atoms in total. The summed E-state index contributed by atoms with van der Waals surface area (Å²) in [5, 5.41) is 4.02. The minimum absolute atomic E-state index is 0.0863. The maximum absolute atomic E-state index is 12.4. The van der Waals surface area contributed by atoms with Crippen LogP contribution in [0.25, 0.3) is 11.7 Å². The van der Waals surface area contributed by atoms with Crippen LogP contribution in [0.1, 0.15) is 20.3 Å². The summed E-state index contributed by atoms with van der Waals surface area (Å²) in [6.45, 7) is 5.60. The van der Waals surface area contributed by atoms with E-state index < -0.39 is 5.76 Å². The summed E-state index contributed by atoms with van der Waals surface area (Å²) < 4.78 is 11.2. The van der Waals surface area contributed by atoms with Crippen molar-refractivity contribution in [3.8, 4) is 11.7 Å². The first-order valence-corrected chi connectivity index (χ1v) is 7.42. The monoisotopic (exact) mass is 305 g/mol. The van der Waals surface area contributed by atoms with Gasteiger partial charge in [-0.25, -0.2) is 4.79 Å². The van der Waals surface area contributed by atoms with Gasteiger partial charge in [0, 0.05) is 13.1 Å². The Morgan fingerprint density at radius 2 is 2.09 bits per heavy atom. The quantitative estimate of drug-likeness (QED) is 0.860. The summed E-state index contributed by atoms with van der Waals surface area (Å²) in [5.41, 5.74) is 0. The summed E-state index contributed by atoms with van der Waals surface area (Å²) in [6.07, 6.45) is 2.59. The third kappa shape index (κ3) is 2.98. The largest absolute Gasteiger partial charge is 0.459 e. The normalized spacial score (nSPS) is 22.0. The van der Waals surface area contributed by atoms with Crippen LogP contribution in [-0.4, -0.2) is 33.7 Å². The molecule has 2 unspecified atom stereocenters. The molecule has 7 heteroatoms. The lowest BCUT2D eigenvalue weighted by molar-refractivity contribution is -0.134. The minimum atomic E-state index is -0.655. The molecule has 1 saturated heterocycles. The number of carbonyl (C=O) groups excluding carboxylic acids is 1. The lowest BCUT2D eigenvalue weighted by atomic mass is 9.92. The van der Waals surface area contributed by atoms with Crippen molar-refractivity contribution < 1.29 is 13.6 Å². The van der Waals surface area contributed by atoms with Gasteiger partial charge in [-0.15, -0.1) is 5.10 Å². The molecule has 0 aromatic carbocycles. The van der Waals surface area contributed by atoms with Gasteiger partial charge in [-0.2, -0.15) is 4.68 Å². The summed E-state index contributed by atoms with van der Waals surface area (Å²) in [4.78, 5) is 26.0. The molecule has 0 radical (unpaired) electrons. The first kappa shape index (κ1) is 14.6. The summed E-state index contributed by atoms with van der Waals surface area (Å²) in [7, 11) is 0. The third-order valence-corrected chi connectivity index (χ3v) is 3.84. The van der Waals surface area contributed by atoms with Gasteiger partial charge in [0.05, 0.1) is 6.26 Å². The van der Waals surface area contributed by atoms with Crippen molar-refractivity contribution in [2.24, 2.45) is 11.8 Å². The van der Waals surface area contributed by atoms with E-state index >= 15 is 0 Å². The molecule has 1 aliphatic heterocycles. The molecule has 2 aromatic heterocycles. The Morgan fingerprint density at radius 1 is 1.36 bits per heavy atom. The van der Waals surface area contributed by atoms with Crippen molar-refractivity contribution in [3.63, 3.8) is 0 Å². The number of carbonyl (C=O) groups is 1. The fourth-order valence-electron chi connectivity index (χ4n) is 3.00. The molecule has 1 fully saturated rings. The lowest BCUT2D eigenvalue weighted by Gasteiger charge is -2.34. The molecule has 1 aliphatic rings. The summed E-state index contributed by atoms with van der Waals surface area (Å²) in [5.74, 6) is 0.630. The van der Waals surface area contributed by atoms with Crippen molar-refractivity contribution in [2.75, 3.05) is 13.1 Å². The number of likely N-dealkylation sites (tertiary alicyclic amines) is 1. The maximum atomic E-state index is 12.4. The van der Waals surface area contributed by atoms with Crippen molar-refractivity contribution in [1.82, 2.24) is 14.7 Å². The summed E-state index contributed by atoms with van der Waals surface area (Å²) >= 11 is 0. The molecule has 3 rings (SSSR count). The molecule has 0 saturated carbocycles. The van der Waals surface area contributed by atoms with Gasteiger partial charge in [0.15, 0.2) is 5.76 Å². The van der Waals surface area contributed by atoms with Crippen molar-refractivity contribution in [1.29, 1.82) is 0 Å². The Morgan fingerprint density at radius 3 is 2.73 bits per heavy atom. The van der Waals surface area contributed by atoms with Gasteiger partial charge in [-0.3, -0.25) is 4.79 Å². The average molecular weight is 305 g/mol. The van der Waals surface area contributed by atoms with Crippen LogP contribution in [0.2, 0.25) is 0 Å². The van der Waals surface area contributed by atoms with Crippen LogP contribution in [0.5, 0.6) is 0 Å². The van der Waals surface area contributed by atoms with Crippen LogP contribution in [0.4, 0.5) is 0 Å². The molecular weight excluding hydrogens is 286 g/mol. The number of hydrogen-bond donors (Lipinski definition) is 0. The second-order valence-corrected chi connectivity index (χ2v) is 6.05. The van der Waals surface area contributed by atoms with E-state index in [9.17, 15) is 9.59 Å². The molecule has 0 bridgehead atoms. The zero-order chi connectivity index (χ0) is 15.7. The number of piperidine rings is 1. The lowest BCUT2D eigenvalue weighted by Crippen LogP contribution is -2.44. The Bertz CT molecular complexity index is 691. The molecule has 0 N–H and O–H groups in total. The predicted molar refractivity (Wildman–Crippen MR) is 78.0 cm³/mol. The van der Waals surface area contributed by atoms with E-state index in [0.717, 1.165) is 24.2 Å². The number of hydrogen-bond acceptors (Lipinski definition) is 5. The molecule has 0 spiro atoms. The standard InChI is InChI=1S/C15H19N3O4/c1-10-6-11(2)8-17(7-10)13(19)9-18-15(20)22-14(16-18)12-4-3-5-21-12/h3-5,10-11H,6-9H2,1-2H3. The van der Waals surface area contributed by atoms with Gasteiger partial charge in [0.25, 0.3) is 5.89 Å². The number of furan rings is 1. The number of nitrogens with zero attached hydrogens (tertiary/aromatic N) is 3. The number of rotatable bonds is 3. The van der Waals surface area contributed by atoms with Crippen molar-refractivity contribution in [3.05, 3.63) is 28.9 Å². The Hall–Kier alpha value is -2.31. The molecule has 0 aliphatic carbocycles. The zero-order valence-electron chi connectivity index (χ0n) is 12.7. The smallest absolute Gasteiger partial charge is 0.437 e. The molecule has 118 valence electrons. The molecular formula is C15H19N3O4.